The SMILES string of the molecule is C=C/N=C(\S)C(C)C. The maximum Gasteiger partial charge on any atom is 0.0726 e. The molecule has 0 aromatic rings. The third kappa shape index (κ3) is 2.86. The second-order valence-electron chi connectivity index (χ2n) is 1.82. The summed E-state index contributed by atoms with van der Waals surface area (Å²) in [4.78, 5) is 3.87. The average Bonchev–Trinajstić information content (AvgIpc) is 1.67. The van der Waals surface area contributed by atoms with Crippen molar-refractivity contribution in [1.82, 2.24) is 0 Å². The van der Waals surface area contributed by atoms with Gasteiger partial charge in [0, 0.05) is 12.1 Å². The Morgan fingerprint density at radius 2 is 2.25 bits per heavy atom. The molecule has 0 unspecified atom stereocenters. The summed E-state index contributed by atoms with van der Waals surface area (Å²) < 4.78 is 0. The highest BCUT2D eigenvalue weighted by Crippen LogP contribution is 2.00. The van der Waals surface area contributed by atoms with E-state index in [1.807, 2.05) is 13.8 Å². The molecule has 0 aliphatic heterocycles. The molecule has 0 saturated carbocycles. The van der Waals surface area contributed by atoms with Crippen LogP contribution in [0.15, 0.2) is 17.8 Å². The van der Waals surface area contributed by atoms with Crippen molar-refractivity contribution in [3.8, 4) is 0 Å². The van der Waals surface area contributed by atoms with Crippen LogP contribution >= 0.6 is 12.6 Å². The zero-order valence-corrected chi connectivity index (χ0v) is 6.15. The fourth-order valence-corrected chi connectivity index (χ4v) is 0.324. The van der Waals surface area contributed by atoms with Crippen LogP contribution in [0.2, 0.25) is 0 Å². The van der Waals surface area contributed by atoms with Crippen molar-refractivity contribution in [3.05, 3.63) is 12.8 Å². The van der Waals surface area contributed by atoms with Gasteiger partial charge in [0.2, 0.25) is 0 Å². The largest absolute Gasteiger partial charge is 0.255 e. The van der Waals surface area contributed by atoms with Crippen molar-refractivity contribution in [2.24, 2.45) is 10.9 Å². The van der Waals surface area contributed by atoms with Gasteiger partial charge in [-0.2, -0.15) is 0 Å². The maximum atomic E-state index is 4.08. The van der Waals surface area contributed by atoms with Crippen LogP contribution < -0.4 is 0 Å². The summed E-state index contributed by atoms with van der Waals surface area (Å²) in [6.45, 7) is 7.52. The lowest BCUT2D eigenvalue weighted by atomic mass is 10.2. The molecule has 46 valence electrons. The summed E-state index contributed by atoms with van der Waals surface area (Å²) in [5.74, 6) is 0.413. The van der Waals surface area contributed by atoms with Gasteiger partial charge in [-0.3, -0.25) is 4.99 Å². The monoisotopic (exact) mass is 129 g/mol. The van der Waals surface area contributed by atoms with E-state index in [4.69, 9.17) is 0 Å². The van der Waals surface area contributed by atoms with Gasteiger partial charge in [-0.05, 0) is 0 Å². The molecule has 0 amide bonds. The number of nitrogens with zero attached hydrogens (tertiary/aromatic N) is 1. The van der Waals surface area contributed by atoms with E-state index in [2.05, 4.69) is 24.2 Å². The lowest BCUT2D eigenvalue weighted by Crippen LogP contribution is -1.96. The van der Waals surface area contributed by atoms with Gasteiger partial charge in [0.05, 0.1) is 5.04 Å². The number of aliphatic imine (C=N–C) groups is 1. The molecule has 0 spiro atoms. The van der Waals surface area contributed by atoms with Gasteiger partial charge >= 0.3 is 0 Å². The summed E-state index contributed by atoms with van der Waals surface area (Å²) in [5, 5.41) is 0.833. The van der Waals surface area contributed by atoms with Crippen molar-refractivity contribution < 1.29 is 0 Å². The lowest BCUT2D eigenvalue weighted by Gasteiger charge is -1.97. The second-order valence-corrected chi connectivity index (χ2v) is 2.28. The Balaban J connectivity index is 3.78. The predicted molar refractivity (Wildman–Crippen MR) is 41.5 cm³/mol. The molecule has 0 aliphatic carbocycles. The molecule has 0 radical (unpaired) electrons. The first-order valence-electron chi connectivity index (χ1n) is 2.56. The molecule has 0 fully saturated rings. The lowest BCUT2D eigenvalue weighted by molar-refractivity contribution is 0.901. The number of hydrogen-bond donors (Lipinski definition) is 1. The highest BCUT2D eigenvalue weighted by molar-refractivity contribution is 7.97. The molecule has 0 bridgehead atoms. The zero-order chi connectivity index (χ0) is 6.57. The van der Waals surface area contributed by atoms with Gasteiger partial charge in [0.25, 0.3) is 0 Å². The maximum absolute atomic E-state index is 4.08. The third-order valence-corrected chi connectivity index (χ3v) is 1.37. The number of thiol groups is 1. The minimum Gasteiger partial charge on any atom is -0.255 e. The Morgan fingerprint density at radius 3 is 2.38 bits per heavy atom. The molecule has 0 N–H and O–H groups in total. The molecule has 1 nitrogen and oxygen atoms in total. The van der Waals surface area contributed by atoms with Gasteiger partial charge in [-0.15, -0.1) is 12.6 Å². The van der Waals surface area contributed by atoms with Crippen molar-refractivity contribution >= 4 is 17.7 Å². The Kier molecular flexibility index (Phi) is 3.61. The van der Waals surface area contributed by atoms with Crippen LogP contribution in [-0.2, 0) is 0 Å². The smallest absolute Gasteiger partial charge is 0.0726 e. The number of rotatable bonds is 2. The summed E-state index contributed by atoms with van der Waals surface area (Å²) in [6, 6.07) is 0. The highest BCUT2D eigenvalue weighted by Gasteiger charge is 1.94. The van der Waals surface area contributed by atoms with Gasteiger partial charge in [0.1, 0.15) is 0 Å². The van der Waals surface area contributed by atoms with Crippen LogP contribution in [0.25, 0.3) is 0 Å². The van der Waals surface area contributed by atoms with E-state index in [0.29, 0.717) is 5.92 Å². The topological polar surface area (TPSA) is 12.4 Å². The normalized spacial score (nSPS) is 12.2. The molecule has 0 heterocycles. The van der Waals surface area contributed by atoms with E-state index in [0.717, 1.165) is 5.04 Å². The summed E-state index contributed by atoms with van der Waals surface area (Å²) in [7, 11) is 0. The standard InChI is InChI=1S/C6H11NS/c1-4-7-6(8)5(2)3/h4-5H,1H2,2-3H3,(H,7,8). The third-order valence-electron chi connectivity index (χ3n) is 0.740. The molecule has 0 aliphatic rings. The first kappa shape index (κ1) is 7.76. The van der Waals surface area contributed by atoms with Gasteiger partial charge < -0.3 is 0 Å². The molecule has 8 heavy (non-hydrogen) atoms. The second kappa shape index (κ2) is 3.72. The fourth-order valence-electron chi connectivity index (χ4n) is 0.243. The molecule has 0 rings (SSSR count). The van der Waals surface area contributed by atoms with E-state index in [-0.39, 0.29) is 0 Å². The van der Waals surface area contributed by atoms with E-state index in [9.17, 15) is 0 Å². The van der Waals surface area contributed by atoms with Crippen LogP contribution in [0, 0.1) is 5.92 Å². The Labute approximate surface area is 55.9 Å². The van der Waals surface area contributed by atoms with Crippen LogP contribution in [0.1, 0.15) is 13.8 Å². The minimum absolute atomic E-state index is 0.413. The average molecular weight is 129 g/mol. The molecule has 0 saturated heterocycles. The zero-order valence-electron chi connectivity index (χ0n) is 5.26. The molecule has 0 aromatic heterocycles. The van der Waals surface area contributed by atoms with Crippen LogP contribution in [0.4, 0.5) is 0 Å². The van der Waals surface area contributed by atoms with Crippen LogP contribution in [0.3, 0.4) is 0 Å². The molecule has 2 heteroatoms. The summed E-state index contributed by atoms with van der Waals surface area (Å²) in [6.07, 6.45) is 1.50. The van der Waals surface area contributed by atoms with E-state index < -0.39 is 0 Å². The van der Waals surface area contributed by atoms with E-state index >= 15 is 0 Å². The van der Waals surface area contributed by atoms with Crippen LogP contribution in [0.5, 0.6) is 0 Å². The van der Waals surface area contributed by atoms with Gasteiger partial charge in [-0.1, -0.05) is 20.4 Å². The van der Waals surface area contributed by atoms with Crippen molar-refractivity contribution in [3.63, 3.8) is 0 Å². The number of hydrogen-bond acceptors (Lipinski definition) is 1. The highest BCUT2D eigenvalue weighted by atomic mass is 32.1. The van der Waals surface area contributed by atoms with Gasteiger partial charge in [0.15, 0.2) is 0 Å². The van der Waals surface area contributed by atoms with Crippen LogP contribution in [-0.4, -0.2) is 5.04 Å². The van der Waals surface area contributed by atoms with E-state index in [1.165, 1.54) is 6.20 Å². The Morgan fingerprint density at radius 1 is 1.75 bits per heavy atom. The Hall–Kier alpha value is -0.240. The fraction of sp³-hybridized carbons (Fsp3) is 0.500. The summed E-state index contributed by atoms with van der Waals surface area (Å²) in [5.41, 5.74) is 0. The summed E-state index contributed by atoms with van der Waals surface area (Å²) >= 11 is 4.08. The van der Waals surface area contributed by atoms with Crippen molar-refractivity contribution in [1.29, 1.82) is 0 Å². The van der Waals surface area contributed by atoms with Gasteiger partial charge in [-0.25, -0.2) is 0 Å². The predicted octanol–water partition coefficient (Wildman–Crippen LogP) is 2.11. The molecule has 0 atom stereocenters. The van der Waals surface area contributed by atoms with Crippen molar-refractivity contribution in [2.75, 3.05) is 0 Å². The molecular formula is C6H11NS. The van der Waals surface area contributed by atoms with E-state index in [1.54, 1.807) is 0 Å². The molecular weight excluding hydrogens is 118 g/mol. The quantitative estimate of drug-likeness (QED) is 0.333. The minimum atomic E-state index is 0.413. The van der Waals surface area contributed by atoms with Crippen molar-refractivity contribution in [2.45, 2.75) is 13.8 Å². The first-order valence-corrected chi connectivity index (χ1v) is 3.00. The molecule has 0 aromatic carbocycles. The first-order chi connectivity index (χ1) is 3.68. The Bertz CT molecular complexity index is 105.